The normalized spacial score (nSPS) is 13.7. The van der Waals surface area contributed by atoms with Crippen molar-refractivity contribution < 1.29 is 4.79 Å². The van der Waals surface area contributed by atoms with E-state index in [1.807, 2.05) is 47.3 Å². The van der Waals surface area contributed by atoms with Gasteiger partial charge in [0, 0.05) is 29.1 Å². The van der Waals surface area contributed by atoms with E-state index in [-0.39, 0.29) is 5.91 Å². The number of nitrogens with one attached hydrogen (secondary N) is 1. The highest BCUT2D eigenvalue weighted by Gasteiger charge is 2.15. The van der Waals surface area contributed by atoms with Gasteiger partial charge in [0.25, 0.3) is 5.91 Å². The molecule has 1 amide bonds. The van der Waals surface area contributed by atoms with E-state index in [0.29, 0.717) is 11.3 Å². The van der Waals surface area contributed by atoms with Crippen LogP contribution in [0.3, 0.4) is 0 Å². The fourth-order valence-electron chi connectivity index (χ4n) is 3.03. The Morgan fingerprint density at radius 2 is 2.00 bits per heavy atom. The fraction of sp³-hybridized carbons (Fsp3) is 0.250. The molecule has 3 heterocycles. The van der Waals surface area contributed by atoms with Crippen molar-refractivity contribution in [1.82, 2.24) is 9.97 Å². The summed E-state index contributed by atoms with van der Waals surface area (Å²) in [6.45, 7) is 2.12. The van der Waals surface area contributed by atoms with Crippen LogP contribution in [0.15, 0.2) is 58.4 Å². The van der Waals surface area contributed by atoms with Crippen molar-refractivity contribution in [2.45, 2.75) is 23.5 Å². The van der Waals surface area contributed by atoms with E-state index in [1.54, 1.807) is 29.3 Å². The van der Waals surface area contributed by atoms with E-state index in [4.69, 9.17) is 0 Å². The second-order valence-electron chi connectivity index (χ2n) is 6.32. The average Bonchev–Trinajstić information content (AvgIpc) is 3.41. The molecule has 0 bridgehead atoms. The number of carbonyl (C=O) groups is 1. The highest BCUT2D eigenvalue weighted by atomic mass is 32.2. The largest absolute Gasteiger partial charge is 0.357 e. The number of hydrogen-bond acceptors (Lipinski definition) is 6. The number of thioether (sulfide) groups is 1. The van der Waals surface area contributed by atoms with Crippen molar-refractivity contribution in [3.8, 4) is 0 Å². The molecule has 3 aromatic rings. The van der Waals surface area contributed by atoms with Crippen molar-refractivity contribution in [3.63, 3.8) is 0 Å². The van der Waals surface area contributed by atoms with Gasteiger partial charge in [0.15, 0.2) is 0 Å². The smallest absolute Gasteiger partial charge is 0.256 e. The molecular formula is C20H20N4OS2. The molecule has 138 valence electrons. The van der Waals surface area contributed by atoms with Gasteiger partial charge in [0.1, 0.15) is 5.82 Å². The van der Waals surface area contributed by atoms with Crippen LogP contribution in [0.4, 0.5) is 11.5 Å². The average molecular weight is 397 g/mol. The van der Waals surface area contributed by atoms with Crippen molar-refractivity contribution >= 4 is 40.5 Å². The molecule has 1 N–H and O–H groups in total. The number of carbonyl (C=O) groups excluding carboxylic acids is 1. The lowest BCUT2D eigenvalue weighted by Crippen LogP contribution is -2.19. The van der Waals surface area contributed by atoms with Gasteiger partial charge >= 0.3 is 0 Å². The molecule has 0 aliphatic carbocycles. The van der Waals surface area contributed by atoms with Crippen LogP contribution in [0.5, 0.6) is 0 Å². The van der Waals surface area contributed by atoms with Crippen molar-refractivity contribution in [1.29, 1.82) is 0 Å². The number of anilines is 2. The van der Waals surface area contributed by atoms with Gasteiger partial charge in [-0.2, -0.15) is 0 Å². The van der Waals surface area contributed by atoms with Crippen molar-refractivity contribution in [2.75, 3.05) is 23.3 Å². The molecule has 4 rings (SSSR count). The van der Waals surface area contributed by atoms with Crippen LogP contribution in [0, 0.1) is 0 Å². The second-order valence-corrected chi connectivity index (χ2v) is 8.05. The van der Waals surface area contributed by atoms with Gasteiger partial charge in [-0.05, 0) is 37.1 Å². The molecule has 27 heavy (non-hydrogen) atoms. The van der Waals surface area contributed by atoms with Gasteiger partial charge in [-0.25, -0.2) is 9.97 Å². The lowest BCUT2D eigenvalue weighted by molar-refractivity contribution is 0.102. The summed E-state index contributed by atoms with van der Waals surface area (Å²) in [5, 5.41) is 4.99. The Kier molecular flexibility index (Phi) is 5.69. The highest BCUT2D eigenvalue weighted by molar-refractivity contribution is 7.98. The Balaban J connectivity index is 1.43. The molecule has 7 heteroatoms. The standard InChI is InChI=1S/C20H20N4OS2/c25-20(23-15-7-8-19(21-11-15)24-9-3-4-10-24)17-5-1-2-6-18(17)27-13-16-12-26-14-22-16/h1-2,5-8,11-12,14H,3-4,9-10,13H2,(H,23,25). The number of benzene rings is 1. The van der Waals surface area contributed by atoms with E-state index in [1.165, 1.54) is 12.8 Å². The summed E-state index contributed by atoms with van der Waals surface area (Å²) in [7, 11) is 0. The summed E-state index contributed by atoms with van der Waals surface area (Å²) in [4.78, 5) is 24.8. The molecule has 1 saturated heterocycles. The predicted octanol–water partition coefficient (Wildman–Crippen LogP) is 4.68. The first-order valence-electron chi connectivity index (χ1n) is 8.91. The number of hydrogen-bond donors (Lipinski definition) is 1. The molecule has 1 aliphatic heterocycles. The van der Waals surface area contributed by atoms with Crippen LogP contribution in [-0.2, 0) is 5.75 Å². The minimum Gasteiger partial charge on any atom is -0.357 e. The summed E-state index contributed by atoms with van der Waals surface area (Å²) in [5.74, 6) is 1.61. The Bertz CT molecular complexity index is 891. The van der Waals surface area contributed by atoms with Gasteiger partial charge in [-0.1, -0.05) is 12.1 Å². The maximum absolute atomic E-state index is 12.8. The molecule has 1 fully saturated rings. The van der Waals surface area contributed by atoms with E-state index in [0.717, 1.165) is 35.2 Å². The summed E-state index contributed by atoms with van der Waals surface area (Å²) < 4.78 is 0. The van der Waals surface area contributed by atoms with E-state index >= 15 is 0 Å². The summed E-state index contributed by atoms with van der Waals surface area (Å²) >= 11 is 3.21. The maximum Gasteiger partial charge on any atom is 0.256 e. The first-order valence-corrected chi connectivity index (χ1v) is 10.8. The minimum atomic E-state index is -0.118. The summed E-state index contributed by atoms with van der Waals surface area (Å²) in [6, 6.07) is 11.6. The topological polar surface area (TPSA) is 58.1 Å². The van der Waals surface area contributed by atoms with E-state index in [9.17, 15) is 4.79 Å². The fourth-order valence-corrected chi connectivity index (χ4v) is 4.65. The summed E-state index contributed by atoms with van der Waals surface area (Å²) in [6.07, 6.45) is 4.17. The number of rotatable bonds is 6. The van der Waals surface area contributed by atoms with Gasteiger partial charge in [0.05, 0.1) is 28.7 Å². The van der Waals surface area contributed by atoms with Gasteiger partial charge < -0.3 is 10.2 Å². The predicted molar refractivity (Wildman–Crippen MR) is 112 cm³/mol. The van der Waals surface area contributed by atoms with Gasteiger partial charge in [0.2, 0.25) is 0 Å². The lowest BCUT2D eigenvalue weighted by atomic mass is 10.2. The second kappa shape index (κ2) is 8.54. The zero-order chi connectivity index (χ0) is 18.5. The molecule has 0 radical (unpaired) electrons. The third-order valence-corrected chi connectivity index (χ3v) is 6.17. The highest BCUT2D eigenvalue weighted by Crippen LogP contribution is 2.27. The Morgan fingerprint density at radius 1 is 1.15 bits per heavy atom. The van der Waals surface area contributed by atoms with Gasteiger partial charge in [-0.15, -0.1) is 23.1 Å². The molecular weight excluding hydrogens is 376 g/mol. The number of aromatic nitrogens is 2. The van der Waals surface area contributed by atoms with E-state index < -0.39 is 0 Å². The third-order valence-electron chi connectivity index (χ3n) is 4.43. The molecule has 0 unspecified atom stereocenters. The van der Waals surface area contributed by atoms with Crippen LogP contribution in [0.25, 0.3) is 0 Å². The van der Waals surface area contributed by atoms with Crippen LogP contribution in [0.1, 0.15) is 28.9 Å². The number of amides is 1. The first-order chi connectivity index (χ1) is 13.3. The summed E-state index contributed by atoms with van der Waals surface area (Å²) in [5.41, 5.74) is 4.23. The Morgan fingerprint density at radius 3 is 2.74 bits per heavy atom. The molecule has 5 nitrogen and oxygen atoms in total. The zero-order valence-corrected chi connectivity index (χ0v) is 16.4. The van der Waals surface area contributed by atoms with Crippen molar-refractivity contribution in [2.24, 2.45) is 0 Å². The van der Waals surface area contributed by atoms with E-state index in [2.05, 4.69) is 20.2 Å². The van der Waals surface area contributed by atoms with Crippen LogP contribution < -0.4 is 10.2 Å². The molecule has 0 spiro atoms. The Labute approximate surface area is 166 Å². The molecule has 1 aromatic carbocycles. The molecule has 2 aromatic heterocycles. The van der Waals surface area contributed by atoms with Crippen LogP contribution in [0.2, 0.25) is 0 Å². The Hall–Kier alpha value is -2.38. The lowest BCUT2D eigenvalue weighted by Gasteiger charge is -2.16. The number of thiazole rings is 1. The van der Waals surface area contributed by atoms with Crippen LogP contribution >= 0.6 is 23.1 Å². The van der Waals surface area contributed by atoms with Gasteiger partial charge in [-0.3, -0.25) is 4.79 Å². The maximum atomic E-state index is 12.8. The van der Waals surface area contributed by atoms with Crippen molar-refractivity contribution in [3.05, 3.63) is 64.7 Å². The SMILES string of the molecule is O=C(Nc1ccc(N2CCCC2)nc1)c1ccccc1SCc1cscn1. The quantitative estimate of drug-likeness (QED) is 0.613. The number of pyridine rings is 1. The third kappa shape index (κ3) is 4.48. The first kappa shape index (κ1) is 18.0. The van der Waals surface area contributed by atoms with Crippen LogP contribution in [-0.4, -0.2) is 29.0 Å². The monoisotopic (exact) mass is 396 g/mol. The minimum absolute atomic E-state index is 0.118. The molecule has 0 saturated carbocycles. The zero-order valence-electron chi connectivity index (χ0n) is 14.8. The molecule has 0 atom stereocenters. The molecule has 1 aliphatic rings. The number of nitrogens with zero attached hydrogens (tertiary/aromatic N) is 3.